The molecule has 0 spiro atoms. The summed E-state index contributed by atoms with van der Waals surface area (Å²) in [5.74, 6) is 0. The first-order valence-electron chi connectivity index (χ1n) is 4.92. The highest BCUT2D eigenvalue weighted by Crippen LogP contribution is 2.20. The number of hydrogen-bond acceptors (Lipinski definition) is 4. The fourth-order valence-electron chi connectivity index (χ4n) is 1.35. The molecule has 0 saturated carbocycles. The molecule has 0 bridgehead atoms. The zero-order valence-corrected chi connectivity index (χ0v) is 10.7. The molecule has 0 unspecified atom stereocenters. The fraction of sp³-hybridized carbons (Fsp3) is 0.273. The largest absolute Gasteiger partial charge is 0.377 e. The summed E-state index contributed by atoms with van der Waals surface area (Å²) >= 11 is 7.62. The number of anilines is 1. The standard InChI is InChI=1S/C11H12ClN3S/c1-7-3-10(11(12)14-4-7)13-5-9-6-16-8(2)15-9/h3-4,6,13H,5H2,1-2H3. The Morgan fingerprint density at radius 2 is 2.25 bits per heavy atom. The molecule has 0 aliphatic carbocycles. The van der Waals surface area contributed by atoms with Crippen LogP contribution in [0.3, 0.4) is 0 Å². The van der Waals surface area contributed by atoms with Crippen molar-refractivity contribution in [2.24, 2.45) is 0 Å². The van der Waals surface area contributed by atoms with E-state index in [1.807, 2.05) is 25.3 Å². The third kappa shape index (κ3) is 2.71. The Morgan fingerprint density at radius 1 is 1.44 bits per heavy atom. The zero-order valence-electron chi connectivity index (χ0n) is 9.12. The lowest BCUT2D eigenvalue weighted by Crippen LogP contribution is -2.01. The molecule has 0 aromatic carbocycles. The second-order valence-corrected chi connectivity index (χ2v) is 4.98. The summed E-state index contributed by atoms with van der Waals surface area (Å²) in [7, 11) is 0. The monoisotopic (exact) mass is 253 g/mol. The van der Waals surface area contributed by atoms with Crippen LogP contribution in [0.15, 0.2) is 17.6 Å². The Balaban J connectivity index is 2.07. The first-order valence-corrected chi connectivity index (χ1v) is 6.18. The van der Waals surface area contributed by atoms with Crippen LogP contribution >= 0.6 is 22.9 Å². The molecule has 0 atom stereocenters. The van der Waals surface area contributed by atoms with Gasteiger partial charge in [-0.25, -0.2) is 9.97 Å². The van der Waals surface area contributed by atoms with Crippen LogP contribution in [0.5, 0.6) is 0 Å². The van der Waals surface area contributed by atoms with E-state index in [1.165, 1.54) is 0 Å². The van der Waals surface area contributed by atoms with Crippen molar-refractivity contribution >= 4 is 28.6 Å². The Bertz CT molecular complexity index is 496. The Labute approximate surface area is 104 Å². The molecule has 0 aliphatic rings. The summed E-state index contributed by atoms with van der Waals surface area (Å²) in [6.07, 6.45) is 1.75. The number of thiazole rings is 1. The van der Waals surface area contributed by atoms with Gasteiger partial charge in [0.2, 0.25) is 0 Å². The van der Waals surface area contributed by atoms with Crippen molar-refractivity contribution in [3.8, 4) is 0 Å². The first-order chi connectivity index (χ1) is 7.65. The summed E-state index contributed by atoms with van der Waals surface area (Å²) in [5.41, 5.74) is 2.97. The van der Waals surface area contributed by atoms with Crippen LogP contribution in [0, 0.1) is 13.8 Å². The van der Waals surface area contributed by atoms with Crippen LogP contribution < -0.4 is 5.32 Å². The topological polar surface area (TPSA) is 37.8 Å². The quantitative estimate of drug-likeness (QED) is 0.852. The molecule has 3 nitrogen and oxygen atoms in total. The van der Waals surface area contributed by atoms with Gasteiger partial charge in [-0.3, -0.25) is 0 Å². The molecule has 0 radical (unpaired) electrons. The number of aryl methyl sites for hydroxylation is 2. The third-order valence-corrected chi connectivity index (χ3v) is 3.23. The van der Waals surface area contributed by atoms with Gasteiger partial charge in [0.15, 0.2) is 5.15 Å². The molecule has 1 N–H and O–H groups in total. The van der Waals surface area contributed by atoms with E-state index in [1.54, 1.807) is 17.5 Å². The van der Waals surface area contributed by atoms with Gasteiger partial charge in [-0.15, -0.1) is 11.3 Å². The zero-order chi connectivity index (χ0) is 11.5. The molecule has 0 saturated heterocycles. The molecule has 16 heavy (non-hydrogen) atoms. The second-order valence-electron chi connectivity index (χ2n) is 3.56. The van der Waals surface area contributed by atoms with E-state index in [2.05, 4.69) is 15.3 Å². The van der Waals surface area contributed by atoms with Crippen molar-refractivity contribution in [1.82, 2.24) is 9.97 Å². The average molecular weight is 254 g/mol. The van der Waals surface area contributed by atoms with Crippen LogP contribution in [0.25, 0.3) is 0 Å². The molecule has 0 aliphatic heterocycles. The second kappa shape index (κ2) is 4.80. The maximum Gasteiger partial charge on any atom is 0.152 e. The summed E-state index contributed by atoms with van der Waals surface area (Å²) in [4.78, 5) is 8.45. The van der Waals surface area contributed by atoms with Gasteiger partial charge < -0.3 is 5.32 Å². The number of pyridine rings is 1. The van der Waals surface area contributed by atoms with Crippen LogP contribution in [0.1, 0.15) is 16.3 Å². The van der Waals surface area contributed by atoms with Gasteiger partial charge >= 0.3 is 0 Å². The minimum absolute atomic E-state index is 0.498. The van der Waals surface area contributed by atoms with Crippen molar-refractivity contribution in [2.75, 3.05) is 5.32 Å². The highest BCUT2D eigenvalue weighted by atomic mass is 35.5. The molecule has 0 amide bonds. The molecule has 2 rings (SSSR count). The minimum Gasteiger partial charge on any atom is -0.377 e. The van der Waals surface area contributed by atoms with Gasteiger partial charge in [0, 0.05) is 11.6 Å². The number of halogens is 1. The predicted molar refractivity (Wildman–Crippen MR) is 68.2 cm³/mol. The predicted octanol–water partition coefficient (Wildman–Crippen LogP) is 3.42. The van der Waals surface area contributed by atoms with Gasteiger partial charge in [-0.2, -0.15) is 0 Å². The molecule has 2 aromatic heterocycles. The highest BCUT2D eigenvalue weighted by Gasteiger charge is 2.03. The number of hydrogen-bond donors (Lipinski definition) is 1. The number of rotatable bonds is 3. The SMILES string of the molecule is Cc1cnc(Cl)c(NCc2csc(C)n2)c1. The summed E-state index contributed by atoms with van der Waals surface area (Å²) in [6.45, 7) is 4.66. The van der Waals surface area contributed by atoms with E-state index >= 15 is 0 Å². The lowest BCUT2D eigenvalue weighted by atomic mass is 10.3. The third-order valence-electron chi connectivity index (χ3n) is 2.10. The van der Waals surface area contributed by atoms with Crippen LogP contribution in [-0.4, -0.2) is 9.97 Å². The maximum atomic E-state index is 5.98. The molecule has 5 heteroatoms. The maximum absolute atomic E-state index is 5.98. The van der Waals surface area contributed by atoms with Gasteiger partial charge in [-0.1, -0.05) is 11.6 Å². The van der Waals surface area contributed by atoms with E-state index in [4.69, 9.17) is 11.6 Å². The Hall–Kier alpha value is -1.13. The van der Waals surface area contributed by atoms with E-state index < -0.39 is 0 Å². The lowest BCUT2D eigenvalue weighted by molar-refractivity contribution is 1.05. The van der Waals surface area contributed by atoms with E-state index in [0.717, 1.165) is 22.0 Å². The van der Waals surface area contributed by atoms with Gasteiger partial charge in [0.1, 0.15) is 0 Å². The number of aromatic nitrogens is 2. The normalized spacial score (nSPS) is 10.4. The van der Waals surface area contributed by atoms with Crippen molar-refractivity contribution in [1.29, 1.82) is 0 Å². The van der Waals surface area contributed by atoms with Crippen LogP contribution in [0.4, 0.5) is 5.69 Å². The smallest absolute Gasteiger partial charge is 0.152 e. The van der Waals surface area contributed by atoms with E-state index in [9.17, 15) is 0 Å². The van der Waals surface area contributed by atoms with E-state index in [-0.39, 0.29) is 0 Å². The highest BCUT2D eigenvalue weighted by molar-refractivity contribution is 7.09. The van der Waals surface area contributed by atoms with Crippen molar-refractivity contribution in [3.05, 3.63) is 39.1 Å². The number of nitrogens with one attached hydrogen (secondary N) is 1. The molecule has 84 valence electrons. The lowest BCUT2D eigenvalue weighted by Gasteiger charge is -2.06. The van der Waals surface area contributed by atoms with Crippen molar-refractivity contribution < 1.29 is 0 Å². The molecule has 0 fully saturated rings. The number of nitrogens with zero attached hydrogens (tertiary/aromatic N) is 2. The van der Waals surface area contributed by atoms with Gasteiger partial charge in [0.25, 0.3) is 0 Å². The summed E-state index contributed by atoms with van der Waals surface area (Å²) < 4.78 is 0. The average Bonchev–Trinajstić information content (AvgIpc) is 2.66. The van der Waals surface area contributed by atoms with Gasteiger partial charge in [-0.05, 0) is 25.5 Å². The molecule has 2 aromatic rings. The minimum atomic E-state index is 0.498. The summed E-state index contributed by atoms with van der Waals surface area (Å²) in [6, 6.07) is 1.98. The Kier molecular flexibility index (Phi) is 3.41. The van der Waals surface area contributed by atoms with E-state index in [0.29, 0.717) is 11.7 Å². The summed E-state index contributed by atoms with van der Waals surface area (Å²) in [5, 5.41) is 6.85. The molecule has 2 heterocycles. The van der Waals surface area contributed by atoms with Gasteiger partial charge in [0.05, 0.1) is 22.9 Å². The molecular weight excluding hydrogens is 242 g/mol. The Morgan fingerprint density at radius 3 is 2.94 bits per heavy atom. The molecular formula is C11H12ClN3S. The van der Waals surface area contributed by atoms with Crippen molar-refractivity contribution in [3.63, 3.8) is 0 Å². The van der Waals surface area contributed by atoms with Crippen LogP contribution in [-0.2, 0) is 6.54 Å². The fourth-order valence-corrected chi connectivity index (χ4v) is 2.13. The van der Waals surface area contributed by atoms with Crippen LogP contribution in [0.2, 0.25) is 5.15 Å². The first kappa shape index (κ1) is 11.4. The van der Waals surface area contributed by atoms with Crippen molar-refractivity contribution in [2.45, 2.75) is 20.4 Å².